The van der Waals surface area contributed by atoms with Crippen LogP contribution in [0.2, 0.25) is 0 Å². The SMILES string of the molecule is C[C@@H]1CN(c2ccc(C(=O)NOCc3ccccc3)cn2)C[C@@H](C)O1. The van der Waals surface area contributed by atoms with E-state index in [1.807, 2.05) is 36.4 Å². The highest BCUT2D eigenvalue weighted by Crippen LogP contribution is 2.18. The Morgan fingerprint density at radius 3 is 2.56 bits per heavy atom. The Labute approximate surface area is 147 Å². The van der Waals surface area contributed by atoms with Gasteiger partial charge >= 0.3 is 0 Å². The Kier molecular flexibility index (Phi) is 5.63. The third-order valence-electron chi connectivity index (χ3n) is 4.00. The Morgan fingerprint density at radius 2 is 1.92 bits per heavy atom. The lowest BCUT2D eigenvalue weighted by atomic mass is 10.2. The van der Waals surface area contributed by atoms with Crippen molar-refractivity contribution < 1.29 is 14.4 Å². The second-order valence-electron chi connectivity index (χ2n) is 6.27. The van der Waals surface area contributed by atoms with Crippen molar-refractivity contribution in [3.63, 3.8) is 0 Å². The maximum atomic E-state index is 12.1. The number of nitrogens with one attached hydrogen (secondary N) is 1. The number of anilines is 1. The Hall–Kier alpha value is -2.44. The molecule has 0 spiro atoms. The van der Waals surface area contributed by atoms with E-state index in [4.69, 9.17) is 9.57 Å². The molecule has 132 valence electrons. The summed E-state index contributed by atoms with van der Waals surface area (Å²) in [6.45, 7) is 6.01. The van der Waals surface area contributed by atoms with Crippen LogP contribution in [0.15, 0.2) is 48.7 Å². The van der Waals surface area contributed by atoms with Crippen molar-refractivity contribution in [3.05, 3.63) is 59.8 Å². The van der Waals surface area contributed by atoms with Crippen LogP contribution < -0.4 is 10.4 Å². The summed E-state index contributed by atoms with van der Waals surface area (Å²) in [5.74, 6) is 0.544. The van der Waals surface area contributed by atoms with Gasteiger partial charge in [-0.25, -0.2) is 10.5 Å². The van der Waals surface area contributed by atoms with Gasteiger partial charge in [0.15, 0.2) is 0 Å². The fourth-order valence-electron chi connectivity index (χ4n) is 2.89. The molecule has 0 bridgehead atoms. The van der Waals surface area contributed by atoms with Crippen molar-refractivity contribution in [2.45, 2.75) is 32.7 Å². The number of hydrogen-bond donors (Lipinski definition) is 1. The third kappa shape index (κ3) is 4.78. The number of pyridine rings is 1. The topological polar surface area (TPSA) is 63.7 Å². The van der Waals surface area contributed by atoms with Crippen molar-refractivity contribution >= 4 is 11.7 Å². The zero-order chi connectivity index (χ0) is 17.6. The summed E-state index contributed by atoms with van der Waals surface area (Å²) in [5, 5.41) is 0. The minimum absolute atomic E-state index is 0.167. The fourth-order valence-corrected chi connectivity index (χ4v) is 2.89. The first-order valence-corrected chi connectivity index (χ1v) is 8.44. The number of benzene rings is 1. The van der Waals surface area contributed by atoms with Crippen LogP contribution in [-0.4, -0.2) is 36.2 Å². The number of hydrogen-bond acceptors (Lipinski definition) is 5. The molecular weight excluding hydrogens is 318 g/mol. The smallest absolute Gasteiger partial charge is 0.276 e. The van der Waals surface area contributed by atoms with Gasteiger partial charge in [0.2, 0.25) is 0 Å². The summed E-state index contributed by atoms with van der Waals surface area (Å²) in [6.07, 6.45) is 1.90. The summed E-state index contributed by atoms with van der Waals surface area (Å²) in [5.41, 5.74) is 3.90. The first kappa shape index (κ1) is 17.4. The van der Waals surface area contributed by atoms with E-state index < -0.39 is 0 Å². The maximum Gasteiger partial charge on any atom is 0.276 e. The molecular formula is C19H23N3O3. The molecule has 2 aromatic rings. The molecule has 2 atom stereocenters. The van der Waals surface area contributed by atoms with Crippen LogP contribution in [0.3, 0.4) is 0 Å². The Balaban J connectivity index is 1.53. The second kappa shape index (κ2) is 8.09. The summed E-state index contributed by atoms with van der Waals surface area (Å²) in [4.78, 5) is 24.0. The number of carbonyl (C=O) groups excluding carboxylic acids is 1. The van der Waals surface area contributed by atoms with Gasteiger partial charge in [-0.15, -0.1) is 0 Å². The van der Waals surface area contributed by atoms with E-state index >= 15 is 0 Å². The molecule has 1 saturated heterocycles. The zero-order valence-electron chi connectivity index (χ0n) is 14.5. The number of aromatic nitrogens is 1. The maximum absolute atomic E-state index is 12.1. The van der Waals surface area contributed by atoms with E-state index in [9.17, 15) is 4.79 Å². The molecule has 1 N–H and O–H groups in total. The molecule has 1 aliphatic rings. The lowest BCUT2D eigenvalue weighted by Gasteiger charge is -2.36. The second-order valence-corrected chi connectivity index (χ2v) is 6.27. The normalized spacial score (nSPS) is 20.3. The van der Waals surface area contributed by atoms with Gasteiger partial charge in [0.1, 0.15) is 5.82 Å². The summed E-state index contributed by atoms with van der Waals surface area (Å²) < 4.78 is 5.73. The van der Waals surface area contributed by atoms with Crippen LogP contribution in [-0.2, 0) is 16.2 Å². The minimum Gasteiger partial charge on any atom is -0.372 e. The van der Waals surface area contributed by atoms with Gasteiger partial charge in [0.25, 0.3) is 5.91 Å². The van der Waals surface area contributed by atoms with Gasteiger partial charge in [-0.2, -0.15) is 0 Å². The third-order valence-corrected chi connectivity index (χ3v) is 4.00. The van der Waals surface area contributed by atoms with Gasteiger partial charge in [0, 0.05) is 19.3 Å². The van der Waals surface area contributed by atoms with E-state index in [1.165, 1.54) is 0 Å². The van der Waals surface area contributed by atoms with Crippen molar-refractivity contribution in [3.8, 4) is 0 Å². The van der Waals surface area contributed by atoms with E-state index in [2.05, 4.69) is 29.2 Å². The molecule has 6 heteroatoms. The summed E-state index contributed by atoms with van der Waals surface area (Å²) in [6, 6.07) is 13.3. The highest BCUT2D eigenvalue weighted by molar-refractivity contribution is 5.93. The fraction of sp³-hybridized carbons (Fsp3) is 0.368. The number of hydroxylamine groups is 1. The molecule has 0 aliphatic carbocycles. The van der Waals surface area contributed by atoms with Crippen LogP contribution in [0, 0.1) is 0 Å². The molecule has 2 heterocycles. The Morgan fingerprint density at radius 1 is 1.20 bits per heavy atom. The van der Waals surface area contributed by atoms with Crippen molar-refractivity contribution in [1.29, 1.82) is 0 Å². The van der Waals surface area contributed by atoms with Crippen molar-refractivity contribution in [1.82, 2.24) is 10.5 Å². The lowest BCUT2D eigenvalue weighted by Crippen LogP contribution is -2.45. The van der Waals surface area contributed by atoms with E-state index in [0.717, 1.165) is 24.5 Å². The molecule has 1 fully saturated rings. The number of ether oxygens (including phenoxy) is 1. The minimum atomic E-state index is -0.307. The Bertz CT molecular complexity index is 681. The standard InChI is InChI=1S/C19H23N3O3/c1-14-11-22(12-15(2)25-14)18-9-8-17(10-20-18)19(23)21-24-13-16-6-4-3-5-7-16/h3-10,14-15H,11-13H2,1-2H3,(H,21,23)/t14-,15-/m1/s1. The average molecular weight is 341 g/mol. The number of amides is 1. The molecule has 0 unspecified atom stereocenters. The summed E-state index contributed by atoms with van der Waals surface area (Å²) in [7, 11) is 0. The first-order chi connectivity index (χ1) is 12.1. The van der Waals surface area contributed by atoms with Crippen LogP contribution in [0.1, 0.15) is 29.8 Å². The van der Waals surface area contributed by atoms with Crippen molar-refractivity contribution in [2.75, 3.05) is 18.0 Å². The molecule has 1 amide bonds. The van der Waals surface area contributed by atoms with Gasteiger partial charge in [-0.1, -0.05) is 30.3 Å². The predicted octanol–water partition coefficient (Wildman–Crippen LogP) is 2.56. The molecule has 1 aliphatic heterocycles. The predicted molar refractivity (Wildman–Crippen MR) is 95.2 cm³/mol. The summed E-state index contributed by atoms with van der Waals surface area (Å²) >= 11 is 0. The molecule has 25 heavy (non-hydrogen) atoms. The first-order valence-electron chi connectivity index (χ1n) is 8.44. The van der Waals surface area contributed by atoms with E-state index in [-0.39, 0.29) is 18.1 Å². The van der Waals surface area contributed by atoms with Crippen LogP contribution in [0.5, 0.6) is 0 Å². The molecule has 0 radical (unpaired) electrons. The number of nitrogens with zero attached hydrogens (tertiary/aromatic N) is 2. The number of carbonyl (C=O) groups is 1. The quantitative estimate of drug-likeness (QED) is 0.847. The zero-order valence-corrected chi connectivity index (χ0v) is 14.5. The largest absolute Gasteiger partial charge is 0.372 e. The number of morpholine rings is 1. The highest BCUT2D eigenvalue weighted by Gasteiger charge is 2.23. The van der Waals surface area contributed by atoms with Gasteiger partial charge in [-0.05, 0) is 31.5 Å². The van der Waals surface area contributed by atoms with E-state index in [0.29, 0.717) is 12.2 Å². The number of rotatable bonds is 5. The van der Waals surface area contributed by atoms with Crippen LogP contribution in [0.25, 0.3) is 0 Å². The molecule has 1 aromatic carbocycles. The van der Waals surface area contributed by atoms with E-state index in [1.54, 1.807) is 12.3 Å². The van der Waals surface area contributed by atoms with Gasteiger partial charge < -0.3 is 9.64 Å². The molecule has 0 saturated carbocycles. The molecule has 6 nitrogen and oxygen atoms in total. The van der Waals surface area contributed by atoms with Gasteiger partial charge in [-0.3, -0.25) is 9.63 Å². The van der Waals surface area contributed by atoms with Crippen molar-refractivity contribution in [2.24, 2.45) is 0 Å². The van der Waals surface area contributed by atoms with Gasteiger partial charge in [0.05, 0.1) is 24.4 Å². The highest BCUT2D eigenvalue weighted by atomic mass is 16.6. The van der Waals surface area contributed by atoms with Crippen LogP contribution >= 0.6 is 0 Å². The average Bonchev–Trinajstić information content (AvgIpc) is 2.62. The monoisotopic (exact) mass is 341 g/mol. The van der Waals surface area contributed by atoms with Crippen LogP contribution in [0.4, 0.5) is 5.82 Å². The lowest BCUT2D eigenvalue weighted by molar-refractivity contribution is -0.00547. The molecule has 1 aromatic heterocycles. The molecule has 3 rings (SSSR count).